The van der Waals surface area contributed by atoms with Crippen LogP contribution in [0.15, 0.2) is 0 Å². The molecule has 14 heavy (non-hydrogen) atoms. The van der Waals surface area contributed by atoms with Gasteiger partial charge in [0.2, 0.25) is 0 Å². The van der Waals surface area contributed by atoms with Crippen LogP contribution in [0.3, 0.4) is 0 Å². The Hall–Kier alpha value is 0.270. The maximum atomic E-state index is 3.65. The van der Waals surface area contributed by atoms with Crippen molar-refractivity contribution in [3.63, 3.8) is 0 Å². The van der Waals surface area contributed by atoms with Crippen LogP contribution in [0.25, 0.3) is 0 Å². The summed E-state index contributed by atoms with van der Waals surface area (Å²) >= 11 is 1.92. The first-order chi connectivity index (χ1) is 6.72. The average Bonchev–Trinajstić information content (AvgIpc) is 2.56. The van der Waals surface area contributed by atoms with Crippen molar-refractivity contribution in [2.45, 2.75) is 51.2 Å². The van der Waals surface area contributed by atoms with Gasteiger partial charge in [-0.05, 0) is 45.9 Å². The van der Waals surface area contributed by atoms with E-state index in [1.807, 2.05) is 11.8 Å². The van der Waals surface area contributed by atoms with Crippen LogP contribution in [0.5, 0.6) is 0 Å². The van der Waals surface area contributed by atoms with Gasteiger partial charge in [-0.15, -0.1) is 0 Å². The lowest BCUT2D eigenvalue weighted by Crippen LogP contribution is -2.39. The molecule has 3 atom stereocenters. The van der Waals surface area contributed by atoms with Crippen molar-refractivity contribution in [3.05, 3.63) is 0 Å². The molecule has 1 aliphatic heterocycles. The van der Waals surface area contributed by atoms with Gasteiger partial charge in [-0.1, -0.05) is 0 Å². The quantitative estimate of drug-likeness (QED) is 0.709. The Morgan fingerprint density at radius 2 is 2.21 bits per heavy atom. The predicted molar refractivity (Wildman–Crippen MR) is 66.1 cm³/mol. The van der Waals surface area contributed by atoms with E-state index in [-0.39, 0.29) is 0 Å². The van der Waals surface area contributed by atoms with Gasteiger partial charge in [0.05, 0.1) is 0 Å². The van der Waals surface area contributed by atoms with Gasteiger partial charge in [0.25, 0.3) is 0 Å². The van der Waals surface area contributed by atoms with Crippen LogP contribution in [0, 0.1) is 0 Å². The van der Waals surface area contributed by atoms with Crippen molar-refractivity contribution in [1.29, 1.82) is 0 Å². The molecule has 1 heterocycles. The van der Waals surface area contributed by atoms with Crippen molar-refractivity contribution >= 4 is 11.8 Å². The minimum Gasteiger partial charge on any atom is -0.314 e. The molecule has 0 bridgehead atoms. The Morgan fingerprint density at radius 1 is 1.43 bits per heavy atom. The van der Waals surface area contributed by atoms with E-state index in [1.54, 1.807) is 0 Å². The molecule has 84 valence electrons. The minimum absolute atomic E-state index is 0.640. The van der Waals surface area contributed by atoms with E-state index in [4.69, 9.17) is 0 Å². The maximum Gasteiger partial charge on any atom is 0.0132 e. The van der Waals surface area contributed by atoms with Gasteiger partial charge < -0.3 is 10.6 Å². The molecule has 0 radical (unpaired) electrons. The van der Waals surface area contributed by atoms with Gasteiger partial charge in [0.1, 0.15) is 0 Å². The largest absolute Gasteiger partial charge is 0.314 e. The van der Waals surface area contributed by atoms with Crippen LogP contribution in [0.1, 0.15) is 33.1 Å². The Bertz CT molecular complexity index is 146. The summed E-state index contributed by atoms with van der Waals surface area (Å²) < 4.78 is 0. The van der Waals surface area contributed by atoms with E-state index in [0.717, 1.165) is 6.04 Å². The standard InChI is InChI=1S/C11H24N2S/c1-9(13-10(2)8-14-3)7-11-5-4-6-12-11/h9-13H,4-8H2,1-3H3. The third-order valence-corrected chi connectivity index (χ3v) is 3.62. The van der Waals surface area contributed by atoms with Crippen LogP contribution in [0.4, 0.5) is 0 Å². The second-order valence-electron chi connectivity index (χ2n) is 4.45. The number of hydrogen-bond donors (Lipinski definition) is 2. The molecule has 0 spiro atoms. The predicted octanol–water partition coefficient (Wildman–Crippen LogP) is 1.86. The Labute approximate surface area is 92.6 Å². The first-order valence-corrected chi connectivity index (χ1v) is 7.10. The van der Waals surface area contributed by atoms with Crippen molar-refractivity contribution < 1.29 is 0 Å². The lowest BCUT2D eigenvalue weighted by atomic mass is 10.1. The summed E-state index contributed by atoms with van der Waals surface area (Å²) in [5.41, 5.74) is 0. The summed E-state index contributed by atoms with van der Waals surface area (Å²) in [6.07, 6.45) is 6.17. The van der Waals surface area contributed by atoms with Gasteiger partial charge >= 0.3 is 0 Å². The van der Waals surface area contributed by atoms with Gasteiger partial charge in [-0.25, -0.2) is 0 Å². The molecule has 3 heteroatoms. The van der Waals surface area contributed by atoms with E-state index in [2.05, 4.69) is 30.7 Å². The normalized spacial score (nSPS) is 26.4. The van der Waals surface area contributed by atoms with E-state index < -0.39 is 0 Å². The van der Waals surface area contributed by atoms with Crippen LogP contribution in [-0.4, -0.2) is 36.7 Å². The van der Waals surface area contributed by atoms with Crippen molar-refractivity contribution in [1.82, 2.24) is 10.6 Å². The highest BCUT2D eigenvalue weighted by Crippen LogP contribution is 2.11. The SMILES string of the molecule is CSCC(C)NC(C)CC1CCCN1. The summed E-state index contributed by atoms with van der Waals surface area (Å²) in [4.78, 5) is 0. The van der Waals surface area contributed by atoms with Gasteiger partial charge in [0.15, 0.2) is 0 Å². The molecule has 0 aliphatic carbocycles. The smallest absolute Gasteiger partial charge is 0.0132 e. The van der Waals surface area contributed by atoms with E-state index in [1.165, 1.54) is 31.6 Å². The van der Waals surface area contributed by atoms with Crippen LogP contribution in [0.2, 0.25) is 0 Å². The average molecular weight is 216 g/mol. The fourth-order valence-electron chi connectivity index (χ4n) is 2.24. The fraction of sp³-hybridized carbons (Fsp3) is 1.00. The molecule has 2 nitrogen and oxygen atoms in total. The molecule has 0 amide bonds. The van der Waals surface area contributed by atoms with Crippen molar-refractivity contribution in [3.8, 4) is 0 Å². The van der Waals surface area contributed by atoms with Gasteiger partial charge in [-0.3, -0.25) is 0 Å². The minimum atomic E-state index is 0.640. The fourth-order valence-corrected chi connectivity index (χ4v) is 2.83. The molecule has 0 aromatic heterocycles. The maximum absolute atomic E-state index is 3.65. The lowest BCUT2D eigenvalue weighted by Gasteiger charge is -2.22. The zero-order chi connectivity index (χ0) is 10.4. The molecule has 1 saturated heterocycles. The Morgan fingerprint density at radius 3 is 2.79 bits per heavy atom. The van der Waals surface area contributed by atoms with Crippen LogP contribution in [-0.2, 0) is 0 Å². The highest BCUT2D eigenvalue weighted by Gasteiger charge is 2.17. The highest BCUT2D eigenvalue weighted by molar-refractivity contribution is 7.98. The zero-order valence-electron chi connectivity index (χ0n) is 9.68. The molecule has 1 aliphatic rings. The second-order valence-corrected chi connectivity index (χ2v) is 5.36. The topological polar surface area (TPSA) is 24.1 Å². The van der Waals surface area contributed by atoms with Gasteiger partial charge in [-0.2, -0.15) is 11.8 Å². The lowest BCUT2D eigenvalue weighted by molar-refractivity contribution is 0.416. The first kappa shape index (κ1) is 12.3. The molecule has 1 rings (SSSR count). The number of thioether (sulfide) groups is 1. The van der Waals surface area contributed by atoms with E-state index in [0.29, 0.717) is 12.1 Å². The summed E-state index contributed by atoms with van der Waals surface area (Å²) in [5.74, 6) is 1.21. The molecular formula is C11H24N2S. The van der Waals surface area contributed by atoms with Crippen LogP contribution >= 0.6 is 11.8 Å². The third-order valence-electron chi connectivity index (χ3n) is 2.79. The molecule has 1 fully saturated rings. The molecule has 0 aromatic carbocycles. The van der Waals surface area contributed by atoms with Gasteiger partial charge in [0, 0.05) is 23.9 Å². The highest BCUT2D eigenvalue weighted by atomic mass is 32.2. The number of hydrogen-bond acceptors (Lipinski definition) is 3. The van der Waals surface area contributed by atoms with Crippen LogP contribution < -0.4 is 10.6 Å². The zero-order valence-corrected chi connectivity index (χ0v) is 10.5. The van der Waals surface area contributed by atoms with E-state index >= 15 is 0 Å². The Balaban J connectivity index is 2.10. The molecule has 3 unspecified atom stereocenters. The molecule has 0 saturated carbocycles. The number of nitrogens with one attached hydrogen (secondary N) is 2. The summed E-state index contributed by atoms with van der Waals surface area (Å²) in [5, 5.41) is 7.19. The first-order valence-electron chi connectivity index (χ1n) is 5.70. The third kappa shape index (κ3) is 4.67. The summed E-state index contributed by atoms with van der Waals surface area (Å²) in [6.45, 7) is 5.80. The number of rotatable bonds is 6. The monoisotopic (exact) mass is 216 g/mol. The summed E-state index contributed by atoms with van der Waals surface area (Å²) in [6, 6.07) is 2.05. The molecular weight excluding hydrogens is 192 g/mol. The van der Waals surface area contributed by atoms with Crippen molar-refractivity contribution in [2.24, 2.45) is 0 Å². The second kappa shape index (κ2) is 6.70. The van der Waals surface area contributed by atoms with Crippen molar-refractivity contribution in [2.75, 3.05) is 18.6 Å². The molecule has 2 N–H and O–H groups in total. The Kier molecular flexibility index (Phi) is 5.90. The molecule has 0 aromatic rings. The van der Waals surface area contributed by atoms with E-state index in [9.17, 15) is 0 Å². The summed E-state index contributed by atoms with van der Waals surface area (Å²) in [7, 11) is 0.